The number of carbonyl (C=O) groups excluding carboxylic acids is 1. The molecule has 1 amide bonds. The van der Waals surface area contributed by atoms with Crippen LogP contribution in [-0.4, -0.2) is 37.8 Å². The first-order chi connectivity index (χ1) is 14.8. The molecule has 31 heavy (non-hydrogen) atoms. The van der Waals surface area contributed by atoms with Crippen LogP contribution in [0.5, 0.6) is 5.75 Å². The van der Waals surface area contributed by atoms with Crippen LogP contribution in [0.3, 0.4) is 0 Å². The molecule has 0 saturated carbocycles. The fraction of sp³-hybridized carbons (Fsp3) is 0.458. The number of para-hydroxylation sites is 1. The number of nitrogens with zero attached hydrogens (tertiary/aromatic N) is 1. The van der Waals surface area contributed by atoms with Gasteiger partial charge in [0.25, 0.3) is 5.91 Å². The van der Waals surface area contributed by atoms with Crippen LogP contribution >= 0.6 is 0 Å². The van der Waals surface area contributed by atoms with Crippen molar-refractivity contribution >= 4 is 21.6 Å². The Morgan fingerprint density at radius 2 is 1.55 bits per heavy atom. The predicted molar refractivity (Wildman–Crippen MR) is 123 cm³/mol. The van der Waals surface area contributed by atoms with E-state index in [1.165, 1.54) is 0 Å². The summed E-state index contributed by atoms with van der Waals surface area (Å²) in [6.07, 6.45) is 3.23. The topological polar surface area (TPSA) is 75.7 Å². The lowest BCUT2D eigenvalue weighted by atomic mass is 10.0. The first-order valence-electron chi connectivity index (χ1n) is 11.0. The lowest BCUT2D eigenvalue weighted by Crippen LogP contribution is -2.32. The standard InChI is InChI=1S/C24H32N2O4S/c1-18(2)22-10-6-7-11-23(22)30-19(3)24(27)25-20-12-14-21(15-13-20)31(28,29)26-16-8-4-5-9-17-26/h6-7,10-15,18-19H,4-5,8-9,16-17H2,1-3H3,(H,25,27)/t19-/m0/s1. The summed E-state index contributed by atoms with van der Waals surface area (Å²) in [7, 11) is -3.50. The molecule has 0 aliphatic carbocycles. The van der Waals surface area contributed by atoms with Crippen molar-refractivity contribution in [1.82, 2.24) is 4.31 Å². The van der Waals surface area contributed by atoms with Gasteiger partial charge in [-0.1, -0.05) is 44.9 Å². The number of hydrogen-bond acceptors (Lipinski definition) is 4. The molecular weight excluding hydrogens is 412 g/mol. The second kappa shape index (κ2) is 10.3. The minimum Gasteiger partial charge on any atom is -0.481 e. The maximum atomic E-state index is 12.9. The molecule has 6 nitrogen and oxygen atoms in total. The number of anilines is 1. The van der Waals surface area contributed by atoms with E-state index in [2.05, 4.69) is 19.2 Å². The zero-order chi connectivity index (χ0) is 22.4. The summed E-state index contributed by atoms with van der Waals surface area (Å²) < 4.78 is 33.2. The highest BCUT2D eigenvalue weighted by atomic mass is 32.2. The largest absolute Gasteiger partial charge is 0.481 e. The van der Waals surface area contributed by atoms with Crippen LogP contribution in [0.1, 0.15) is 57.9 Å². The van der Waals surface area contributed by atoms with Crippen molar-refractivity contribution in [3.63, 3.8) is 0 Å². The van der Waals surface area contributed by atoms with Crippen molar-refractivity contribution in [2.75, 3.05) is 18.4 Å². The van der Waals surface area contributed by atoms with Crippen LogP contribution in [0.2, 0.25) is 0 Å². The Morgan fingerprint density at radius 1 is 0.935 bits per heavy atom. The van der Waals surface area contributed by atoms with E-state index in [0.717, 1.165) is 31.2 Å². The fourth-order valence-corrected chi connectivity index (χ4v) is 5.21. The van der Waals surface area contributed by atoms with Crippen molar-refractivity contribution in [3.05, 3.63) is 54.1 Å². The Kier molecular flexibility index (Phi) is 7.73. The molecule has 1 fully saturated rings. The van der Waals surface area contributed by atoms with E-state index in [1.807, 2.05) is 24.3 Å². The van der Waals surface area contributed by atoms with Gasteiger partial charge in [0, 0.05) is 18.8 Å². The van der Waals surface area contributed by atoms with E-state index < -0.39 is 16.1 Å². The number of carbonyl (C=O) groups is 1. The number of benzene rings is 2. The molecule has 2 aromatic rings. The van der Waals surface area contributed by atoms with Gasteiger partial charge in [0.1, 0.15) is 5.75 Å². The second-order valence-electron chi connectivity index (χ2n) is 8.28. The molecular formula is C24H32N2O4S. The minimum atomic E-state index is -3.50. The Bertz CT molecular complexity index is 979. The number of sulfonamides is 1. The van der Waals surface area contributed by atoms with Gasteiger partial charge in [-0.05, 0) is 61.6 Å². The molecule has 0 radical (unpaired) electrons. The maximum absolute atomic E-state index is 12.9. The van der Waals surface area contributed by atoms with E-state index in [0.29, 0.717) is 24.5 Å². The summed E-state index contributed by atoms with van der Waals surface area (Å²) in [6.45, 7) is 6.98. The van der Waals surface area contributed by atoms with Crippen molar-refractivity contribution < 1.29 is 17.9 Å². The Morgan fingerprint density at radius 3 is 2.16 bits per heavy atom. The molecule has 0 unspecified atom stereocenters. The summed E-state index contributed by atoms with van der Waals surface area (Å²) in [4.78, 5) is 12.9. The molecule has 1 aliphatic heterocycles. The summed E-state index contributed by atoms with van der Waals surface area (Å²) >= 11 is 0. The number of hydrogen-bond donors (Lipinski definition) is 1. The van der Waals surface area contributed by atoms with E-state index in [4.69, 9.17) is 4.74 Å². The lowest BCUT2D eigenvalue weighted by Gasteiger charge is -2.20. The maximum Gasteiger partial charge on any atom is 0.265 e. The molecule has 1 aliphatic rings. The van der Waals surface area contributed by atoms with Gasteiger partial charge in [0.15, 0.2) is 6.10 Å². The van der Waals surface area contributed by atoms with Crippen LogP contribution in [0.15, 0.2) is 53.4 Å². The Balaban J connectivity index is 1.64. The molecule has 1 atom stereocenters. The van der Waals surface area contributed by atoms with Crippen LogP contribution in [0, 0.1) is 0 Å². The van der Waals surface area contributed by atoms with Crippen molar-refractivity contribution in [2.24, 2.45) is 0 Å². The SMILES string of the molecule is CC(C)c1ccccc1O[C@@H](C)C(=O)Nc1ccc(S(=O)(=O)N2CCCCCC2)cc1. The van der Waals surface area contributed by atoms with E-state index >= 15 is 0 Å². The summed E-state index contributed by atoms with van der Waals surface area (Å²) in [5, 5.41) is 2.81. The predicted octanol–water partition coefficient (Wildman–Crippen LogP) is 4.78. The van der Waals surface area contributed by atoms with E-state index in [-0.39, 0.29) is 16.7 Å². The third-order valence-electron chi connectivity index (χ3n) is 5.54. The van der Waals surface area contributed by atoms with Gasteiger partial charge in [-0.25, -0.2) is 8.42 Å². The molecule has 1 N–H and O–H groups in total. The quantitative estimate of drug-likeness (QED) is 0.667. The third kappa shape index (κ3) is 5.86. The highest BCUT2D eigenvalue weighted by Gasteiger charge is 2.25. The summed E-state index contributed by atoms with van der Waals surface area (Å²) in [5.74, 6) is 0.686. The van der Waals surface area contributed by atoms with Gasteiger partial charge < -0.3 is 10.1 Å². The van der Waals surface area contributed by atoms with Gasteiger partial charge in [0.05, 0.1) is 4.90 Å². The van der Waals surface area contributed by atoms with Crippen LogP contribution in [0.4, 0.5) is 5.69 Å². The number of amides is 1. The normalized spacial score (nSPS) is 16.5. The molecule has 168 valence electrons. The van der Waals surface area contributed by atoms with E-state index in [9.17, 15) is 13.2 Å². The fourth-order valence-electron chi connectivity index (χ4n) is 3.69. The number of rotatable bonds is 7. The molecule has 1 saturated heterocycles. The Labute approximate surface area is 185 Å². The molecule has 0 aromatic heterocycles. The van der Waals surface area contributed by atoms with Gasteiger partial charge in [-0.15, -0.1) is 0 Å². The Hall–Kier alpha value is -2.38. The smallest absolute Gasteiger partial charge is 0.265 e. The number of ether oxygens (including phenoxy) is 1. The summed E-state index contributed by atoms with van der Waals surface area (Å²) in [6, 6.07) is 14.0. The lowest BCUT2D eigenvalue weighted by molar-refractivity contribution is -0.122. The highest BCUT2D eigenvalue weighted by Crippen LogP contribution is 2.27. The van der Waals surface area contributed by atoms with Crippen LogP contribution < -0.4 is 10.1 Å². The van der Waals surface area contributed by atoms with Gasteiger partial charge in [-0.2, -0.15) is 4.31 Å². The average molecular weight is 445 g/mol. The van der Waals surface area contributed by atoms with Crippen LogP contribution in [-0.2, 0) is 14.8 Å². The summed E-state index contributed by atoms with van der Waals surface area (Å²) in [5.41, 5.74) is 1.58. The number of nitrogens with one attached hydrogen (secondary N) is 1. The minimum absolute atomic E-state index is 0.252. The van der Waals surface area contributed by atoms with Crippen molar-refractivity contribution in [2.45, 2.75) is 63.4 Å². The van der Waals surface area contributed by atoms with Crippen molar-refractivity contribution in [1.29, 1.82) is 0 Å². The van der Waals surface area contributed by atoms with Gasteiger partial charge >= 0.3 is 0 Å². The zero-order valence-corrected chi connectivity index (χ0v) is 19.3. The second-order valence-corrected chi connectivity index (χ2v) is 10.2. The van der Waals surface area contributed by atoms with Crippen LogP contribution in [0.25, 0.3) is 0 Å². The average Bonchev–Trinajstić information content (AvgIpc) is 3.04. The highest BCUT2D eigenvalue weighted by molar-refractivity contribution is 7.89. The third-order valence-corrected chi connectivity index (χ3v) is 7.45. The first-order valence-corrected chi connectivity index (χ1v) is 12.4. The van der Waals surface area contributed by atoms with Crippen molar-refractivity contribution in [3.8, 4) is 5.75 Å². The monoisotopic (exact) mass is 444 g/mol. The molecule has 3 rings (SSSR count). The van der Waals surface area contributed by atoms with E-state index in [1.54, 1.807) is 35.5 Å². The first kappa shape index (κ1) is 23.3. The zero-order valence-electron chi connectivity index (χ0n) is 18.5. The molecule has 7 heteroatoms. The molecule has 0 spiro atoms. The molecule has 0 bridgehead atoms. The van der Waals surface area contributed by atoms with Gasteiger partial charge in [0.2, 0.25) is 10.0 Å². The van der Waals surface area contributed by atoms with Gasteiger partial charge in [-0.3, -0.25) is 4.79 Å². The molecule has 2 aromatic carbocycles. The molecule has 1 heterocycles.